The fraction of sp³-hybridized carbons (Fsp3) is 0.500. The lowest BCUT2D eigenvalue weighted by atomic mass is 10.1. The third-order valence-electron chi connectivity index (χ3n) is 2.71. The van der Waals surface area contributed by atoms with Crippen LogP contribution in [-0.4, -0.2) is 51.6 Å². The Kier molecular flexibility index (Phi) is 6.83. The third-order valence-corrected chi connectivity index (χ3v) is 2.71. The van der Waals surface area contributed by atoms with Crippen LogP contribution in [0.25, 0.3) is 0 Å². The SMILES string of the molecule is COCC(O)CNC(=O)Cc1ccc(OC)c(OC)c1. The lowest BCUT2D eigenvalue weighted by Crippen LogP contribution is -2.35. The summed E-state index contributed by atoms with van der Waals surface area (Å²) in [5.74, 6) is 1.02. The first-order chi connectivity index (χ1) is 9.60. The average molecular weight is 283 g/mol. The largest absolute Gasteiger partial charge is 0.493 e. The number of hydrogen-bond acceptors (Lipinski definition) is 5. The molecule has 0 aliphatic carbocycles. The molecule has 0 radical (unpaired) electrons. The normalized spacial score (nSPS) is 11.8. The van der Waals surface area contributed by atoms with Gasteiger partial charge in [0.2, 0.25) is 5.91 Å². The molecule has 0 saturated carbocycles. The zero-order chi connectivity index (χ0) is 15.0. The number of nitrogens with one attached hydrogen (secondary N) is 1. The van der Waals surface area contributed by atoms with Gasteiger partial charge in [0.15, 0.2) is 11.5 Å². The fourth-order valence-corrected chi connectivity index (χ4v) is 1.72. The van der Waals surface area contributed by atoms with E-state index in [0.717, 1.165) is 5.56 Å². The van der Waals surface area contributed by atoms with Crippen molar-refractivity contribution in [3.63, 3.8) is 0 Å². The van der Waals surface area contributed by atoms with Gasteiger partial charge in [-0.3, -0.25) is 4.79 Å². The summed E-state index contributed by atoms with van der Waals surface area (Å²) in [6, 6.07) is 5.30. The minimum atomic E-state index is -0.700. The molecule has 0 saturated heterocycles. The van der Waals surface area contributed by atoms with Crippen molar-refractivity contribution in [1.29, 1.82) is 0 Å². The lowest BCUT2D eigenvalue weighted by molar-refractivity contribution is -0.121. The van der Waals surface area contributed by atoms with E-state index in [1.54, 1.807) is 32.4 Å². The molecule has 6 nitrogen and oxygen atoms in total. The Bertz CT molecular complexity index is 436. The molecule has 6 heteroatoms. The molecule has 0 spiro atoms. The first-order valence-corrected chi connectivity index (χ1v) is 6.25. The van der Waals surface area contributed by atoms with Crippen LogP contribution in [-0.2, 0) is 16.0 Å². The van der Waals surface area contributed by atoms with E-state index in [2.05, 4.69) is 5.32 Å². The summed E-state index contributed by atoms with van der Waals surface area (Å²) in [4.78, 5) is 11.7. The zero-order valence-corrected chi connectivity index (χ0v) is 12.0. The van der Waals surface area contributed by atoms with Crippen molar-refractivity contribution in [2.75, 3.05) is 34.5 Å². The summed E-state index contributed by atoms with van der Waals surface area (Å²) in [6.07, 6.45) is -0.491. The first kappa shape index (κ1) is 16.3. The molecule has 0 heterocycles. The Morgan fingerprint density at radius 1 is 1.25 bits per heavy atom. The molecule has 112 valence electrons. The monoisotopic (exact) mass is 283 g/mol. The maximum atomic E-state index is 11.7. The first-order valence-electron chi connectivity index (χ1n) is 6.25. The highest BCUT2D eigenvalue weighted by Gasteiger charge is 2.10. The van der Waals surface area contributed by atoms with Gasteiger partial charge in [-0.1, -0.05) is 6.07 Å². The molecule has 1 rings (SSSR count). The standard InChI is InChI=1S/C14H21NO5/c1-18-9-11(16)8-15-14(17)7-10-4-5-12(19-2)13(6-10)20-3/h4-6,11,16H,7-9H2,1-3H3,(H,15,17). The number of aliphatic hydroxyl groups excluding tert-OH is 1. The fourth-order valence-electron chi connectivity index (χ4n) is 1.72. The van der Waals surface area contributed by atoms with Crippen LogP contribution < -0.4 is 14.8 Å². The summed E-state index contributed by atoms with van der Waals surface area (Å²) >= 11 is 0. The minimum Gasteiger partial charge on any atom is -0.493 e. The van der Waals surface area contributed by atoms with Gasteiger partial charge in [-0.15, -0.1) is 0 Å². The molecule has 0 bridgehead atoms. The van der Waals surface area contributed by atoms with Crippen molar-refractivity contribution >= 4 is 5.91 Å². The molecule has 1 unspecified atom stereocenters. The summed E-state index contributed by atoms with van der Waals surface area (Å²) < 4.78 is 15.1. The Balaban J connectivity index is 2.53. The molecule has 0 aliphatic rings. The van der Waals surface area contributed by atoms with Crippen LogP contribution in [0.15, 0.2) is 18.2 Å². The predicted molar refractivity (Wildman–Crippen MR) is 74.1 cm³/mol. The van der Waals surface area contributed by atoms with Crippen molar-refractivity contribution in [2.45, 2.75) is 12.5 Å². The van der Waals surface area contributed by atoms with Crippen LogP contribution in [0, 0.1) is 0 Å². The second kappa shape index (κ2) is 8.39. The topological polar surface area (TPSA) is 77.0 Å². The summed E-state index contributed by atoms with van der Waals surface area (Å²) in [5.41, 5.74) is 0.807. The molecular weight excluding hydrogens is 262 g/mol. The zero-order valence-electron chi connectivity index (χ0n) is 12.0. The molecule has 1 atom stereocenters. The number of aliphatic hydroxyl groups is 1. The molecular formula is C14H21NO5. The Morgan fingerprint density at radius 2 is 1.95 bits per heavy atom. The van der Waals surface area contributed by atoms with E-state index < -0.39 is 6.10 Å². The van der Waals surface area contributed by atoms with Gasteiger partial charge in [0.1, 0.15) is 0 Å². The Hall–Kier alpha value is -1.79. The van der Waals surface area contributed by atoms with Gasteiger partial charge < -0.3 is 24.6 Å². The third kappa shape index (κ3) is 5.07. The number of carbonyl (C=O) groups is 1. The van der Waals surface area contributed by atoms with Crippen molar-refractivity contribution in [2.24, 2.45) is 0 Å². The summed E-state index contributed by atoms with van der Waals surface area (Å²) in [6.45, 7) is 0.358. The molecule has 0 fully saturated rings. The molecule has 0 aromatic heterocycles. The van der Waals surface area contributed by atoms with Crippen molar-refractivity contribution in [3.05, 3.63) is 23.8 Å². The Morgan fingerprint density at radius 3 is 2.55 bits per heavy atom. The van der Waals surface area contributed by atoms with E-state index in [1.165, 1.54) is 7.11 Å². The average Bonchev–Trinajstić information content (AvgIpc) is 2.45. The van der Waals surface area contributed by atoms with Gasteiger partial charge in [-0.05, 0) is 17.7 Å². The second-order valence-corrected chi connectivity index (χ2v) is 4.28. The van der Waals surface area contributed by atoms with Crippen LogP contribution in [0.5, 0.6) is 11.5 Å². The van der Waals surface area contributed by atoms with Gasteiger partial charge >= 0.3 is 0 Å². The van der Waals surface area contributed by atoms with Crippen LogP contribution in [0.2, 0.25) is 0 Å². The van der Waals surface area contributed by atoms with E-state index in [9.17, 15) is 9.90 Å². The maximum absolute atomic E-state index is 11.7. The van der Waals surface area contributed by atoms with Gasteiger partial charge in [0.25, 0.3) is 0 Å². The van der Waals surface area contributed by atoms with E-state index >= 15 is 0 Å². The molecule has 1 aromatic carbocycles. The van der Waals surface area contributed by atoms with E-state index in [0.29, 0.717) is 11.5 Å². The Labute approximate surface area is 118 Å². The number of benzene rings is 1. The highest BCUT2D eigenvalue weighted by Crippen LogP contribution is 2.27. The number of hydrogen-bond donors (Lipinski definition) is 2. The lowest BCUT2D eigenvalue weighted by Gasteiger charge is -2.12. The highest BCUT2D eigenvalue weighted by molar-refractivity contribution is 5.78. The minimum absolute atomic E-state index is 0.167. The smallest absolute Gasteiger partial charge is 0.224 e. The molecule has 1 aromatic rings. The summed E-state index contributed by atoms with van der Waals surface area (Å²) in [5, 5.41) is 12.1. The summed E-state index contributed by atoms with van der Waals surface area (Å²) in [7, 11) is 4.60. The van der Waals surface area contributed by atoms with Crippen LogP contribution in [0.3, 0.4) is 0 Å². The molecule has 2 N–H and O–H groups in total. The number of rotatable bonds is 8. The second-order valence-electron chi connectivity index (χ2n) is 4.28. The van der Waals surface area contributed by atoms with Crippen LogP contribution in [0.4, 0.5) is 0 Å². The van der Waals surface area contributed by atoms with E-state index in [-0.39, 0.29) is 25.5 Å². The van der Waals surface area contributed by atoms with Gasteiger partial charge in [0, 0.05) is 13.7 Å². The quantitative estimate of drug-likeness (QED) is 0.721. The molecule has 0 aliphatic heterocycles. The number of amides is 1. The van der Waals surface area contributed by atoms with Gasteiger partial charge in [-0.2, -0.15) is 0 Å². The van der Waals surface area contributed by atoms with Crippen molar-refractivity contribution in [3.8, 4) is 11.5 Å². The predicted octanol–water partition coefficient (Wildman–Crippen LogP) is 0.370. The van der Waals surface area contributed by atoms with Crippen LogP contribution >= 0.6 is 0 Å². The molecule has 1 amide bonds. The number of methoxy groups -OCH3 is 3. The van der Waals surface area contributed by atoms with E-state index in [1.807, 2.05) is 0 Å². The van der Waals surface area contributed by atoms with Gasteiger partial charge in [-0.25, -0.2) is 0 Å². The maximum Gasteiger partial charge on any atom is 0.224 e. The molecule has 20 heavy (non-hydrogen) atoms. The van der Waals surface area contributed by atoms with Crippen molar-refractivity contribution in [1.82, 2.24) is 5.32 Å². The van der Waals surface area contributed by atoms with Crippen molar-refractivity contribution < 1.29 is 24.1 Å². The number of carbonyl (C=O) groups excluding carboxylic acids is 1. The van der Waals surface area contributed by atoms with Crippen LogP contribution in [0.1, 0.15) is 5.56 Å². The number of ether oxygens (including phenoxy) is 3. The van der Waals surface area contributed by atoms with E-state index in [4.69, 9.17) is 14.2 Å². The van der Waals surface area contributed by atoms with Gasteiger partial charge in [0.05, 0.1) is 33.4 Å². The highest BCUT2D eigenvalue weighted by atomic mass is 16.5.